The van der Waals surface area contributed by atoms with E-state index in [-0.39, 0.29) is 5.91 Å². The third-order valence-electron chi connectivity index (χ3n) is 3.06. The molecule has 92 valence electrons. The second-order valence-corrected chi connectivity index (χ2v) is 4.63. The number of hydrogen-bond acceptors (Lipinski definition) is 2. The number of ether oxygens (including phenoxy) is 1. The van der Waals surface area contributed by atoms with E-state index >= 15 is 0 Å². The van der Waals surface area contributed by atoms with Gasteiger partial charge in [-0.05, 0) is 36.6 Å². The number of carbonyl (C=O) groups is 1. The molecule has 3 nitrogen and oxygen atoms in total. The Balaban J connectivity index is 2.02. The van der Waals surface area contributed by atoms with Gasteiger partial charge in [0.05, 0.1) is 7.11 Å². The number of likely N-dealkylation sites (tertiary alicyclic amines) is 1. The minimum absolute atomic E-state index is 0.256. The van der Waals surface area contributed by atoms with E-state index < -0.39 is 0 Å². The van der Waals surface area contributed by atoms with Crippen molar-refractivity contribution >= 4 is 17.5 Å². The van der Waals surface area contributed by atoms with Crippen LogP contribution in [0.4, 0.5) is 0 Å². The van der Waals surface area contributed by atoms with Crippen molar-refractivity contribution in [2.45, 2.75) is 19.3 Å². The van der Waals surface area contributed by atoms with E-state index in [1.54, 1.807) is 7.11 Å². The number of hydrogen-bond donors (Lipinski definition) is 0. The van der Waals surface area contributed by atoms with Crippen LogP contribution in [0, 0.1) is 0 Å². The van der Waals surface area contributed by atoms with Gasteiger partial charge in [0.2, 0.25) is 5.91 Å². The maximum Gasteiger partial charge on any atom is 0.222 e. The predicted molar refractivity (Wildman–Crippen MR) is 67.5 cm³/mol. The van der Waals surface area contributed by atoms with Gasteiger partial charge in [0.1, 0.15) is 5.75 Å². The fourth-order valence-corrected chi connectivity index (χ4v) is 2.33. The van der Waals surface area contributed by atoms with Crippen LogP contribution in [-0.2, 0) is 11.2 Å². The Labute approximate surface area is 106 Å². The van der Waals surface area contributed by atoms with E-state index in [9.17, 15) is 4.79 Å². The highest BCUT2D eigenvalue weighted by atomic mass is 35.5. The number of methoxy groups -OCH3 is 1. The Morgan fingerprint density at radius 1 is 1.47 bits per heavy atom. The van der Waals surface area contributed by atoms with Gasteiger partial charge in [0, 0.05) is 24.5 Å². The van der Waals surface area contributed by atoms with Crippen molar-refractivity contribution in [3.05, 3.63) is 28.8 Å². The lowest BCUT2D eigenvalue weighted by molar-refractivity contribution is -0.127. The summed E-state index contributed by atoms with van der Waals surface area (Å²) in [5, 5.41) is 0.702. The first-order chi connectivity index (χ1) is 8.20. The molecule has 0 radical (unpaired) electrons. The maximum absolute atomic E-state index is 11.5. The first kappa shape index (κ1) is 12.2. The molecule has 0 spiro atoms. The molecule has 1 amide bonds. The largest absolute Gasteiger partial charge is 0.496 e. The minimum Gasteiger partial charge on any atom is -0.496 e. The van der Waals surface area contributed by atoms with E-state index in [1.807, 2.05) is 23.1 Å². The quantitative estimate of drug-likeness (QED) is 0.825. The first-order valence-corrected chi connectivity index (χ1v) is 6.18. The summed E-state index contributed by atoms with van der Waals surface area (Å²) in [6.07, 6.45) is 2.45. The zero-order chi connectivity index (χ0) is 12.3. The maximum atomic E-state index is 11.5. The van der Waals surface area contributed by atoms with Crippen LogP contribution in [0.15, 0.2) is 18.2 Å². The van der Waals surface area contributed by atoms with E-state index in [0.717, 1.165) is 37.2 Å². The zero-order valence-electron chi connectivity index (χ0n) is 9.91. The zero-order valence-corrected chi connectivity index (χ0v) is 10.7. The molecule has 0 unspecified atom stereocenters. The molecule has 0 saturated carbocycles. The van der Waals surface area contributed by atoms with Gasteiger partial charge in [-0.3, -0.25) is 4.79 Å². The van der Waals surface area contributed by atoms with Crippen LogP contribution in [-0.4, -0.2) is 31.0 Å². The molecule has 1 fully saturated rings. The van der Waals surface area contributed by atoms with Crippen molar-refractivity contribution < 1.29 is 9.53 Å². The van der Waals surface area contributed by atoms with Crippen LogP contribution in [0.25, 0.3) is 0 Å². The summed E-state index contributed by atoms with van der Waals surface area (Å²) in [6.45, 7) is 1.62. The van der Waals surface area contributed by atoms with Crippen molar-refractivity contribution in [1.82, 2.24) is 4.90 Å². The average Bonchev–Trinajstić information content (AvgIpc) is 2.72. The highest BCUT2D eigenvalue weighted by Gasteiger charge is 2.19. The van der Waals surface area contributed by atoms with Crippen LogP contribution in [0.5, 0.6) is 5.75 Å². The summed E-state index contributed by atoms with van der Waals surface area (Å²) in [5.74, 6) is 1.09. The lowest BCUT2D eigenvalue weighted by Gasteiger charge is -2.16. The fraction of sp³-hybridized carbons (Fsp3) is 0.462. The molecular formula is C13H16ClNO2. The van der Waals surface area contributed by atoms with Gasteiger partial charge in [-0.15, -0.1) is 0 Å². The van der Waals surface area contributed by atoms with Gasteiger partial charge in [0.25, 0.3) is 0 Å². The van der Waals surface area contributed by atoms with Crippen LogP contribution < -0.4 is 4.74 Å². The molecule has 1 aromatic rings. The molecule has 17 heavy (non-hydrogen) atoms. The molecule has 0 N–H and O–H groups in total. The number of carbonyl (C=O) groups excluding carboxylic acids is 1. The molecular weight excluding hydrogens is 238 g/mol. The summed E-state index contributed by atoms with van der Waals surface area (Å²) in [4.78, 5) is 13.4. The van der Waals surface area contributed by atoms with Gasteiger partial charge in [-0.2, -0.15) is 0 Å². The summed E-state index contributed by atoms with van der Waals surface area (Å²) >= 11 is 5.96. The Morgan fingerprint density at radius 3 is 2.94 bits per heavy atom. The predicted octanol–water partition coefficient (Wildman–Crippen LogP) is 2.51. The summed E-state index contributed by atoms with van der Waals surface area (Å²) in [7, 11) is 1.65. The highest BCUT2D eigenvalue weighted by Crippen LogP contribution is 2.23. The Bertz CT molecular complexity index is 420. The molecule has 4 heteroatoms. The summed E-state index contributed by atoms with van der Waals surface area (Å²) < 4.78 is 5.28. The third-order valence-corrected chi connectivity index (χ3v) is 3.30. The van der Waals surface area contributed by atoms with Crippen LogP contribution in [0.1, 0.15) is 18.4 Å². The van der Waals surface area contributed by atoms with Crippen molar-refractivity contribution in [2.24, 2.45) is 0 Å². The van der Waals surface area contributed by atoms with Crippen molar-refractivity contribution in [3.8, 4) is 5.75 Å². The smallest absolute Gasteiger partial charge is 0.222 e. The van der Waals surface area contributed by atoms with E-state index in [4.69, 9.17) is 16.3 Å². The van der Waals surface area contributed by atoms with Crippen LogP contribution >= 0.6 is 11.6 Å². The number of benzene rings is 1. The normalized spacial score (nSPS) is 15.4. The fourth-order valence-electron chi connectivity index (χ4n) is 2.14. The van der Waals surface area contributed by atoms with Crippen molar-refractivity contribution in [1.29, 1.82) is 0 Å². The Kier molecular flexibility index (Phi) is 3.89. The topological polar surface area (TPSA) is 29.5 Å². The molecule has 1 saturated heterocycles. The molecule has 0 bridgehead atoms. The number of halogens is 1. The third kappa shape index (κ3) is 2.91. The van der Waals surface area contributed by atoms with Crippen LogP contribution in [0.2, 0.25) is 5.02 Å². The Morgan fingerprint density at radius 2 is 2.29 bits per heavy atom. The SMILES string of the molecule is COc1ccc(Cl)cc1CCN1CCCC1=O. The monoisotopic (exact) mass is 253 g/mol. The number of rotatable bonds is 4. The van der Waals surface area contributed by atoms with Gasteiger partial charge in [-0.25, -0.2) is 0 Å². The standard InChI is InChI=1S/C13H16ClNO2/c1-17-12-5-4-11(14)9-10(12)6-8-15-7-2-3-13(15)16/h4-5,9H,2-3,6-8H2,1H3. The summed E-state index contributed by atoms with van der Waals surface area (Å²) in [6, 6.07) is 5.58. The van der Waals surface area contributed by atoms with Crippen molar-refractivity contribution in [3.63, 3.8) is 0 Å². The van der Waals surface area contributed by atoms with Gasteiger partial charge in [-0.1, -0.05) is 11.6 Å². The van der Waals surface area contributed by atoms with Crippen LogP contribution in [0.3, 0.4) is 0 Å². The lowest BCUT2D eigenvalue weighted by atomic mass is 10.1. The number of amides is 1. The lowest BCUT2D eigenvalue weighted by Crippen LogP contribution is -2.26. The first-order valence-electron chi connectivity index (χ1n) is 5.81. The molecule has 1 heterocycles. The van der Waals surface area contributed by atoms with E-state index in [2.05, 4.69) is 0 Å². The molecule has 1 aliphatic heterocycles. The molecule has 0 atom stereocenters. The van der Waals surface area contributed by atoms with E-state index in [1.165, 1.54) is 0 Å². The second kappa shape index (κ2) is 5.41. The molecule has 1 aromatic carbocycles. The van der Waals surface area contributed by atoms with Crippen molar-refractivity contribution in [2.75, 3.05) is 20.2 Å². The second-order valence-electron chi connectivity index (χ2n) is 4.19. The number of nitrogens with zero attached hydrogens (tertiary/aromatic N) is 1. The van der Waals surface area contributed by atoms with Gasteiger partial charge >= 0.3 is 0 Å². The Hall–Kier alpha value is -1.22. The summed E-state index contributed by atoms with van der Waals surface area (Å²) in [5.41, 5.74) is 1.06. The highest BCUT2D eigenvalue weighted by molar-refractivity contribution is 6.30. The van der Waals surface area contributed by atoms with E-state index in [0.29, 0.717) is 11.4 Å². The van der Waals surface area contributed by atoms with Gasteiger partial charge < -0.3 is 9.64 Å². The molecule has 1 aliphatic rings. The molecule has 0 aliphatic carbocycles. The average molecular weight is 254 g/mol. The molecule has 0 aromatic heterocycles. The minimum atomic E-state index is 0.256. The van der Waals surface area contributed by atoms with Gasteiger partial charge in [0.15, 0.2) is 0 Å². The molecule has 2 rings (SSSR count).